The van der Waals surface area contributed by atoms with E-state index < -0.39 is 22.8 Å². The van der Waals surface area contributed by atoms with Crippen LogP contribution in [-0.2, 0) is 0 Å². The second kappa shape index (κ2) is 7.53. The van der Waals surface area contributed by atoms with Gasteiger partial charge in [0.05, 0.1) is 5.56 Å². The molecule has 0 bridgehead atoms. The van der Waals surface area contributed by atoms with Gasteiger partial charge in [0.15, 0.2) is 29.4 Å². The molecule has 160 valence electrons. The van der Waals surface area contributed by atoms with Gasteiger partial charge in [0.1, 0.15) is 0 Å². The van der Waals surface area contributed by atoms with Crippen molar-refractivity contribution in [2.24, 2.45) is 17.3 Å². The van der Waals surface area contributed by atoms with Gasteiger partial charge in [0, 0.05) is 28.0 Å². The number of phenols is 2. The molecule has 2 N–H and O–H groups in total. The average Bonchev–Trinajstić information content (AvgIpc) is 2.67. The second-order valence-corrected chi connectivity index (χ2v) is 9.41. The highest BCUT2D eigenvalue weighted by Gasteiger charge is 2.56. The van der Waals surface area contributed by atoms with Crippen molar-refractivity contribution in [2.45, 2.75) is 60.3 Å². The third-order valence-electron chi connectivity index (χ3n) is 6.79. The molecule has 0 aromatic heterocycles. The minimum atomic E-state index is -0.961. The van der Waals surface area contributed by atoms with E-state index in [0.717, 1.165) is 11.1 Å². The summed E-state index contributed by atoms with van der Waals surface area (Å²) >= 11 is 0. The van der Waals surface area contributed by atoms with Gasteiger partial charge in [0.2, 0.25) is 0 Å². The topological polar surface area (TPSA) is 91.7 Å². The van der Waals surface area contributed by atoms with Gasteiger partial charge in [-0.3, -0.25) is 14.4 Å². The molecule has 0 amide bonds. The van der Waals surface area contributed by atoms with Crippen molar-refractivity contribution < 1.29 is 24.6 Å². The zero-order valence-electron chi connectivity index (χ0n) is 18.5. The summed E-state index contributed by atoms with van der Waals surface area (Å²) in [6, 6.07) is 0. The van der Waals surface area contributed by atoms with E-state index in [1.807, 2.05) is 33.8 Å². The number of carbonyl (C=O) groups is 3. The summed E-state index contributed by atoms with van der Waals surface area (Å²) in [5.41, 5.74) is 1.23. The van der Waals surface area contributed by atoms with E-state index in [-0.39, 0.29) is 45.7 Å². The summed E-state index contributed by atoms with van der Waals surface area (Å²) < 4.78 is 0. The maximum absolute atomic E-state index is 13.9. The second-order valence-electron chi connectivity index (χ2n) is 9.41. The van der Waals surface area contributed by atoms with Crippen molar-refractivity contribution in [1.29, 1.82) is 0 Å². The predicted molar refractivity (Wildman–Crippen MR) is 115 cm³/mol. The third kappa shape index (κ3) is 3.03. The molecule has 0 heterocycles. The molecule has 0 radical (unpaired) electrons. The molecule has 0 unspecified atom stereocenters. The highest BCUT2D eigenvalue weighted by Crippen LogP contribution is 2.55. The lowest BCUT2D eigenvalue weighted by Crippen LogP contribution is -2.51. The van der Waals surface area contributed by atoms with Crippen LogP contribution in [0.2, 0.25) is 0 Å². The van der Waals surface area contributed by atoms with Crippen molar-refractivity contribution in [3.63, 3.8) is 0 Å². The Labute approximate surface area is 177 Å². The fourth-order valence-corrected chi connectivity index (χ4v) is 5.12. The van der Waals surface area contributed by atoms with E-state index in [1.54, 1.807) is 13.8 Å². The van der Waals surface area contributed by atoms with Gasteiger partial charge in [-0.25, -0.2) is 0 Å². The van der Waals surface area contributed by atoms with Crippen LogP contribution < -0.4 is 0 Å². The van der Waals surface area contributed by atoms with Crippen LogP contribution in [0.25, 0.3) is 0 Å². The summed E-state index contributed by atoms with van der Waals surface area (Å²) in [6.45, 7) is 11.3. The van der Waals surface area contributed by atoms with Crippen LogP contribution >= 0.6 is 0 Å². The van der Waals surface area contributed by atoms with Gasteiger partial charge in [-0.1, -0.05) is 44.1 Å². The molecule has 3 atom stereocenters. The lowest BCUT2D eigenvalue weighted by molar-refractivity contribution is 0.0480. The molecular formula is C25H30O5. The molecule has 5 nitrogen and oxygen atoms in total. The minimum Gasteiger partial charge on any atom is -0.504 e. The highest BCUT2D eigenvalue weighted by molar-refractivity contribution is 6.22. The number of aldehydes is 1. The van der Waals surface area contributed by atoms with Crippen LogP contribution in [0.1, 0.15) is 96.9 Å². The van der Waals surface area contributed by atoms with E-state index in [2.05, 4.69) is 6.08 Å². The van der Waals surface area contributed by atoms with Gasteiger partial charge in [0.25, 0.3) is 0 Å². The molecule has 0 aliphatic heterocycles. The molecule has 5 heteroatoms. The first-order chi connectivity index (χ1) is 14.0. The fourth-order valence-electron chi connectivity index (χ4n) is 5.12. The Morgan fingerprint density at radius 1 is 1.20 bits per heavy atom. The third-order valence-corrected chi connectivity index (χ3v) is 6.79. The van der Waals surface area contributed by atoms with E-state index in [9.17, 15) is 24.6 Å². The average molecular weight is 411 g/mol. The standard InChI is InChI=1S/C25H30O5/c1-12(2)7-8-15-14(5)9-10-25(6)20(15)22(28)18-16(11-26)21(27)23(29)17(13(3)4)19(18)24(25)30/h7,9,11,13,15,20,27,29H,8,10H2,1-6H3/t15-,20-,25-/m0/s1. The monoisotopic (exact) mass is 410 g/mol. The number of rotatable bonds is 4. The number of ketones is 2. The maximum Gasteiger partial charge on any atom is 0.170 e. The molecule has 1 aromatic rings. The van der Waals surface area contributed by atoms with E-state index in [0.29, 0.717) is 19.1 Å². The smallest absolute Gasteiger partial charge is 0.170 e. The molecular weight excluding hydrogens is 380 g/mol. The van der Waals surface area contributed by atoms with Crippen molar-refractivity contribution >= 4 is 17.9 Å². The maximum atomic E-state index is 13.9. The Kier molecular flexibility index (Phi) is 5.52. The first kappa shape index (κ1) is 22.0. The molecule has 1 aromatic carbocycles. The van der Waals surface area contributed by atoms with E-state index in [4.69, 9.17) is 0 Å². The van der Waals surface area contributed by atoms with Gasteiger partial charge in [-0.15, -0.1) is 0 Å². The number of hydrogen-bond donors (Lipinski definition) is 2. The van der Waals surface area contributed by atoms with Gasteiger partial charge < -0.3 is 10.2 Å². The van der Waals surface area contributed by atoms with Crippen LogP contribution in [0, 0.1) is 17.3 Å². The summed E-state index contributed by atoms with van der Waals surface area (Å²) in [4.78, 5) is 39.6. The summed E-state index contributed by atoms with van der Waals surface area (Å²) in [7, 11) is 0. The number of aromatic hydroxyl groups is 2. The molecule has 2 aliphatic rings. The van der Waals surface area contributed by atoms with E-state index >= 15 is 0 Å². The molecule has 0 saturated carbocycles. The van der Waals surface area contributed by atoms with Crippen LogP contribution in [-0.4, -0.2) is 28.1 Å². The lowest BCUT2D eigenvalue weighted by atomic mass is 9.53. The number of Topliss-reactive ketones (excluding diaryl/α,β-unsaturated/α-hetero) is 2. The van der Waals surface area contributed by atoms with Crippen LogP contribution in [0.5, 0.6) is 11.5 Å². The number of phenolic OH excluding ortho intramolecular Hbond substituents is 2. The number of hydrogen-bond acceptors (Lipinski definition) is 5. The Balaban J connectivity index is 2.36. The number of carbonyl (C=O) groups excluding carboxylic acids is 3. The zero-order valence-corrected chi connectivity index (χ0v) is 18.5. The highest BCUT2D eigenvalue weighted by atomic mass is 16.3. The lowest BCUT2D eigenvalue weighted by Gasteiger charge is -2.47. The molecule has 0 fully saturated rings. The van der Waals surface area contributed by atoms with Crippen LogP contribution in [0.3, 0.4) is 0 Å². The molecule has 0 saturated heterocycles. The predicted octanol–water partition coefficient (Wildman–Crippen LogP) is 5.36. The van der Waals surface area contributed by atoms with Crippen molar-refractivity contribution in [2.75, 3.05) is 0 Å². The molecule has 0 spiro atoms. The summed E-state index contributed by atoms with van der Waals surface area (Å²) in [6.07, 6.45) is 5.51. The quantitative estimate of drug-likeness (QED) is 0.396. The Morgan fingerprint density at radius 3 is 2.37 bits per heavy atom. The Hall–Kier alpha value is -2.69. The molecule has 30 heavy (non-hydrogen) atoms. The minimum absolute atomic E-state index is 0.0339. The fraction of sp³-hybridized carbons (Fsp3) is 0.480. The SMILES string of the molecule is CC(C)=CC[C@H]1C(C)=CC[C@]2(C)C(=O)c3c(c(C=O)c(O)c(O)c3C(C)C)C(=O)[C@H]12. The normalized spacial score (nSPS) is 25.5. The summed E-state index contributed by atoms with van der Waals surface area (Å²) in [5.74, 6) is -2.76. The Bertz CT molecular complexity index is 1010. The van der Waals surface area contributed by atoms with Gasteiger partial charge >= 0.3 is 0 Å². The zero-order chi connectivity index (χ0) is 22.5. The number of allylic oxidation sites excluding steroid dienone is 4. The van der Waals surface area contributed by atoms with Crippen LogP contribution in [0.4, 0.5) is 0 Å². The summed E-state index contributed by atoms with van der Waals surface area (Å²) in [5, 5.41) is 21.0. The first-order valence-electron chi connectivity index (χ1n) is 10.4. The van der Waals surface area contributed by atoms with Crippen molar-refractivity contribution in [3.8, 4) is 11.5 Å². The molecule has 3 rings (SSSR count). The van der Waals surface area contributed by atoms with Crippen LogP contribution in [0.15, 0.2) is 23.3 Å². The first-order valence-corrected chi connectivity index (χ1v) is 10.4. The Morgan fingerprint density at radius 2 is 1.83 bits per heavy atom. The van der Waals surface area contributed by atoms with E-state index in [1.165, 1.54) is 0 Å². The van der Waals surface area contributed by atoms with Gasteiger partial charge in [-0.2, -0.15) is 0 Å². The number of benzene rings is 1. The van der Waals surface area contributed by atoms with Crippen molar-refractivity contribution in [1.82, 2.24) is 0 Å². The number of fused-ring (bicyclic) bond motifs is 2. The largest absolute Gasteiger partial charge is 0.504 e. The molecule has 2 aliphatic carbocycles. The van der Waals surface area contributed by atoms with Crippen molar-refractivity contribution in [3.05, 3.63) is 45.6 Å². The van der Waals surface area contributed by atoms with Gasteiger partial charge in [-0.05, 0) is 45.4 Å².